The van der Waals surface area contributed by atoms with Gasteiger partial charge in [0, 0.05) is 0 Å². The Balaban J connectivity index is 0. The van der Waals surface area contributed by atoms with Gasteiger partial charge in [-0.25, -0.2) is 0 Å². The highest BCUT2D eigenvalue weighted by Gasteiger charge is 2.10. The van der Waals surface area contributed by atoms with Crippen LogP contribution in [0.5, 0.6) is 0 Å². The molecule has 0 spiro atoms. The smallest absolute Gasteiger partial charge is 0.238 e. The SMILES string of the molecule is CC(C)CC(N)C(=O)Cl.Cl. The highest BCUT2D eigenvalue weighted by Crippen LogP contribution is 2.04. The second kappa shape index (κ2) is 5.96. The number of nitrogens with two attached hydrogens (primary N) is 1. The first-order valence-electron chi connectivity index (χ1n) is 2.99. The standard InChI is InChI=1S/C6H12ClNO.ClH/c1-4(2)3-5(8)6(7)9;/h4-5H,3,8H2,1-2H3;1H. The largest absolute Gasteiger partial charge is 0.320 e. The molecule has 0 aromatic rings. The Morgan fingerprint density at radius 1 is 1.60 bits per heavy atom. The van der Waals surface area contributed by atoms with Crippen LogP contribution in [0.2, 0.25) is 0 Å². The van der Waals surface area contributed by atoms with Gasteiger partial charge in [-0.15, -0.1) is 12.4 Å². The first-order chi connectivity index (χ1) is 4.04. The molecule has 1 unspecified atom stereocenters. The molecule has 2 N–H and O–H groups in total. The van der Waals surface area contributed by atoms with Crippen LogP contribution in [0.1, 0.15) is 20.3 Å². The normalized spacial score (nSPS) is 12.5. The molecule has 0 radical (unpaired) electrons. The highest BCUT2D eigenvalue weighted by molar-refractivity contribution is 6.64. The first-order valence-corrected chi connectivity index (χ1v) is 3.36. The predicted molar refractivity (Wildman–Crippen MR) is 45.5 cm³/mol. The van der Waals surface area contributed by atoms with Crippen LogP contribution in [-0.2, 0) is 4.79 Å². The van der Waals surface area contributed by atoms with E-state index in [0.29, 0.717) is 12.3 Å². The summed E-state index contributed by atoms with van der Waals surface area (Å²) in [6.07, 6.45) is 0.669. The number of hydrogen-bond acceptors (Lipinski definition) is 2. The predicted octanol–water partition coefficient (Wildman–Crippen LogP) is 1.55. The van der Waals surface area contributed by atoms with Gasteiger partial charge in [-0.05, 0) is 23.9 Å². The van der Waals surface area contributed by atoms with Crippen LogP contribution in [0, 0.1) is 5.92 Å². The molecular weight excluding hydrogens is 173 g/mol. The fraction of sp³-hybridized carbons (Fsp3) is 0.833. The topological polar surface area (TPSA) is 43.1 Å². The summed E-state index contributed by atoms with van der Waals surface area (Å²) < 4.78 is 0. The minimum absolute atomic E-state index is 0. The fourth-order valence-corrected chi connectivity index (χ4v) is 0.690. The van der Waals surface area contributed by atoms with Gasteiger partial charge in [-0.2, -0.15) is 0 Å². The Morgan fingerprint density at radius 3 is 2.10 bits per heavy atom. The third-order valence-corrected chi connectivity index (χ3v) is 1.30. The number of carbonyl (C=O) groups is 1. The molecule has 1 atom stereocenters. The summed E-state index contributed by atoms with van der Waals surface area (Å²) >= 11 is 5.11. The van der Waals surface area contributed by atoms with Crippen molar-refractivity contribution in [1.29, 1.82) is 0 Å². The lowest BCUT2D eigenvalue weighted by atomic mass is 10.1. The van der Waals surface area contributed by atoms with Crippen molar-refractivity contribution in [2.75, 3.05) is 0 Å². The van der Waals surface area contributed by atoms with Crippen molar-refractivity contribution in [3.63, 3.8) is 0 Å². The van der Waals surface area contributed by atoms with E-state index < -0.39 is 11.3 Å². The maximum absolute atomic E-state index is 10.3. The molecule has 10 heavy (non-hydrogen) atoms. The Bertz CT molecular complexity index is 106. The van der Waals surface area contributed by atoms with Crippen molar-refractivity contribution in [2.24, 2.45) is 11.7 Å². The van der Waals surface area contributed by atoms with Crippen LogP contribution >= 0.6 is 24.0 Å². The lowest BCUT2D eigenvalue weighted by Crippen LogP contribution is -2.28. The lowest BCUT2D eigenvalue weighted by Gasteiger charge is -2.07. The first kappa shape index (κ1) is 12.8. The van der Waals surface area contributed by atoms with E-state index in [0.717, 1.165) is 0 Å². The van der Waals surface area contributed by atoms with E-state index in [9.17, 15) is 4.79 Å². The van der Waals surface area contributed by atoms with Crippen molar-refractivity contribution < 1.29 is 4.79 Å². The van der Waals surface area contributed by atoms with Gasteiger partial charge in [0.05, 0.1) is 6.04 Å². The molecule has 0 saturated carbocycles. The third-order valence-electron chi connectivity index (χ3n) is 1.02. The summed E-state index contributed by atoms with van der Waals surface area (Å²) in [5.41, 5.74) is 5.34. The average molecular weight is 186 g/mol. The van der Waals surface area contributed by atoms with Crippen molar-refractivity contribution in [1.82, 2.24) is 0 Å². The van der Waals surface area contributed by atoms with E-state index in [-0.39, 0.29) is 12.4 Å². The van der Waals surface area contributed by atoms with E-state index in [4.69, 9.17) is 17.3 Å². The maximum Gasteiger partial charge on any atom is 0.238 e. The van der Waals surface area contributed by atoms with Gasteiger partial charge in [-0.3, -0.25) is 4.79 Å². The average Bonchev–Trinajstić information content (AvgIpc) is 1.63. The van der Waals surface area contributed by atoms with E-state index in [1.165, 1.54) is 0 Å². The molecule has 0 aromatic heterocycles. The van der Waals surface area contributed by atoms with Crippen LogP contribution in [0.4, 0.5) is 0 Å². The number of rotatable bonds is 3. The zero-order valence-electron chi connectivity index (χ0n) is 6.13. The molecule has 62 valence electrons. The molecular formula is C6H13Cl2NO. The minimum atomic E-state index is -0.480. The van der Waals surface area contributed by atoms with Crippen molar-refractivity contribution in [3.05, 3.63) is 0 Å². The molecule has 0 aliphatic heterocycles. The number of hydrogen-bond donors (Lipinski definition) is 1. The molecule has 0 aromatic carbocycles. The van der Waals surface area contributed by atoms with Crippen molar-refractivity contribution in [3.8, 4) is 0 Å². The lowest BCUT2D eigenvalue weighted by molar-refractivity contribution is -0.113. The molecule has 0 bridgehead atoms. The maximum atomic E-state index is 10.3. The second-order valence-electron chi connectivity index (χ2n) is 2.54. The molecule has 4 heteroatoms. The molecule has 0 amide bonds. The molecule has 0 rings (SSSR count). The highest BCUT2D eigenvalue weighted by atomic mass is 35.5. The molecule has 0 heterocycles. The summed E-state index contributed by atoms with van der Waals surface area (Å²) in [4.78, 5) is 10.3. The van der Waals surface area contributed by atoms with Gasteiger partial charge in [0.15, 0.2) is 0 Å². The molecule has 0 aliphatic rings. The van der Waals surface area contributed by atoms with E-state index >= 15 is 0 Å². The molecule has 0 aliphatic carbocycles. The quantitative estimate of drug-likeness (QED) is 0.679. The van der Waals surface area contributed by atoms with E-state index in [1.807, 2.05) is 13.8 Å². The Hall–Kier alpha value is 0.210. The summed E-state index contributed by atoms with van der Waals surface area (Å²) in [7, 11) is 0. The van der Waals surface area contributed by atoms with Crippen molar-refractivity contribution >= 4 is 29.3 Å². The monoisotopic (exact) mass is 185 g/mol. The van der Waals surface area contributed by atoms with Gasteiger partial charge >= 0.3 is 0 Å². The molecule has 0 saturated heterocycles. The summed E-state index contributed by atoms with van der Waals surface area (Å²) in [5.74, 6) is 0.433. The zero-order chi connectivity index (χ0) is 7.44. The second-order valence-corrected chi connectivity index (χ2v) is 2.91. The minimum Gasteiger partial charge on any atom is -0.320 e. The summed E-state index contributed by atoms with van der Waals surface area (Å²) in [5, 5.41) is -0.441. The molecule has 2 nitrogen and oxygen atoms in total. The fourth-order valence-electron chi connectivity index (χ4n) is 0.601. The van der Waals surface area contributed by atoms with Gasteiger partial charge in [-0.1, -0.05) is 13.8 Å². The number of halogens is 2. The van der Waals surface area contributed by atoms with Gasteiger partial charge < -0.3 is 5.73 Å². The van der Waals surface area contributed by atoms with E-state index in [1.54, 1.807) is 0 Å². The zero-order valence-corrected chi connectivity index (χ0v) is 7.71. The Labute approximate surface area is 72.5 Å². The van der Waals surface area contributed by atoms with Crippen LogP contribution in [0.15, 0.2) is 0 Å². The number of carbonyl (C=O) groups excluding carboxylic acids is 1. The van der Waals surface area contributed by atoms with Crippen molar-refractivity contribution in [2.45, 2.75) is 26.3 Å². The van der Waals surface area contributed by atoms with Crippen LogP contribution in [0.3, 0.4) is 0 Å². The van der Waals surface area contributed by atoms with Crippen LogP contribution in [0.25, 0.3) is 0 Å². The van der Waals surface area contributed by atoms with Gasteiger partial charge in [0.2, 0.25) is 5.24 Å². The van der Waals surface area contributed by atoms with Gasteiger partial charge in [0.25, 0.3) is 0 Å². The van der Waals surface area contributed by atoms with Crippen LogP contribution in [-0.4, -0.2) is 11.3 Å². The summed E-state index contributed by atoms with van der Waals surface area (Å²) in [6, 6.07) is -0.480. The third kappa shape index (κ3) is 6.33. The molecule has 0 fully saturated rings. The summed E-state index contributed by atoms with van der Waals surface area (Å²) in [6.45, 7) is 4.00. The van der Waals surface area contributed by atoms with Gasteiger partial charge in [0.1, 0.15) is 0 Å². The van der Waals surface area contributed by atoms with E-state index in [2.05, 4.69) is 0 Å². The van der Waals surface area contributed by atoms with Crippen LogP contribution < -0.4 is 5.73 Å². The Kier molecular flexibility index (Phi) is 7.65. The Morgan fingerprint density at radius 2 is 2.00 bits per heavy atom.